The van der Waals surface area contributed by atoms with Crippen LogP contribution in [0.15, 0.2) is 0 Å². The van der Waals surface area contributed by atoms with Gasteiger partial charge < -0.3 is 4.90 Å². The normalized spacial score (nSPS) is 18.5. The van der Waals surface area contributed by atoms with E-state index in [0.29, 0.717) is 6.42 Å². The maximum absolute atomic E-state index is 8.31. The topological polar surface area (TPSA) is 27.0 Å². The van der Waals surface area contributed by atoms with Crippen molar-refractivity contribution in [3.63, 3.8) is 0 Å². The molecular weight excluding hydrogens is 124 g/mol. The van der Waals surface area contributed by atoms with Crippen LogP contribution in [0.1, 0.15) is 25.7 Å². The Morgan fingerprint density at radius 1 is 1.60 bits per heavy atom. The first-order chi connectivity index (χ1) is 4.84. The highest BCUT2D eigenvalue weighted by atomic mass is 15.1. The van der Waals surface area contributed by atoms with Crippen molar-refractivity contribution in [3.8, 4) is 6.07 Å². The second-order valence-corrected chi connectivity index (χ2v) is 2.97. The van der Waals surface area contributed by atoms with Gasteiger partial charge >= 0.3 is 0 Å². The van der Waals surface area contributed by atoms with Gasteiger partial charge in [-0.25, -0.2) is 0 Å². The van der Waals surface area contributed by atoms with E-state index in [1.165, 1.54) is 19.3 Å². The fraction of sp³-hybridized carbons (Fsp3) is 0.875. The minimum atomic E-state index is 0.674. The highest BCUT2D eigenvalue weighted by molar-refractivity contribution is 4.80. The molecule has 0 N–H and O–H groups in total. The lowest BCUT2D eigenvalue weighted by Crippen LogP contribution is -2.37. The third kappa shape index (κ3) is 1.71. The maximum atomic E-state index is 8.31. The molecule has 1 saturated carbocycles. The number of hydrogen-bond donors (Lipinski definition) is 0. The Balaban J connectivity index is 2.09. The summed E-state index contributed by atoms with van der Waals surface area (Å²) in [5.41, 5.74) is 0. The Labute approximate surface area is 62.4 Å². The van der Waals surface area contributed by atoms with Crippen LogP contribution in [0.2, 0.25) is 0 Å². The van der Waals surface area contributed by atoms with E-state index in [9.17, 15) is 0 Å². The van der Waals surface area contributed by atoms with Gasteiger partial charge in [-0.15, -0.1) is 0 Å². The summed E-state index contributed by atoms with van der Waals surface area (Å²) in [5.74, 6) is 0. The summed E-state index contributed by atoms with van der Waals surface area (Å²) in [4.78, 5) is 2.30. The second-order valence-electron chi connectivity index (χ2n) is 2.97. The van der Waals surface area contributed by atoms with Crippen molar-refractivity contribution >= 4 is 0 Å². The molecule has 0 spiro atoms. The van der Waals surface area contributed by atoms with Crippen LogP contribution in [0.4, 0.5) is 0 Å². The van der Waals surface area contributed by atoms with Gasteiger partial charge in [0.15, 0.2) is 0 Å². The van der Waals surface area contributed by atoms with E-state index in [2.05, 4.69) is 18.0 Å². The Bertz CT molecular complexity index is 133. The SMILES string of the molecule is CN(CCC#N)C1CCC1. The molecule has 0 aliphatic heterocycles. The molecule has 2 heteroatoms. The quantitative estimate of drug-likeness (QED) is 0.589. The number of nitriles is 1. The zero-order chi connectivity index (χ0) is 7.40. The van der Waals surface area contributed by atoms with Crippen LogP contribution in [0.3, 0.4) is 0 Å². The minimum Gasteiger partial charge on any atom is -0.302 e. The molecule has 0 unspecified atom stereocenters. The summed E-state index contributed by atoms with van der Waals surface area (Å²) >= 11 is 0. The van der Waals surface area contributed by atoms with Crippen molar-refractivity contribution in [2.45, 2.75) is 31.7 Å². The fourth-order valence-corrected chi connectivity index (χ4v) is 1.24. The first-order valence-electron chi connectivity index (χ1n) is 3.92. The maximum Gasteiger partial charge on any atom is 0.0635 e. The summed E-state index contributed by atoms with van der Waals surface area (Å²) in [7, 11) is 2.11. The second kappa shape index (κ2) is 3.58. The van der Waals surface area contributed by atoms with Gasteiger partial charge in [0.05, 0.1) is 6.07 Å². The van der Waals surface area contributed by atoms with E-state index in [1.807, 2.05) is 0 Å². The molecule has 0 aromatic rings. The largest absolute Gasteiger partial charge is 0.302 e. The van der Waals surface area contributed by atoms with E-state index < -0.39 is 0 Å². The van der Waals surface area contributed by atoms with Crippen LogP contribution < -0.4 is 0 Å². The monoisotopic (exact) mass is 138 g/mol. The predicted molar refractivity (Wildman–Crippen MR) is 40.5 cm³/mol. The first-order valence-corrected chi connectivity index (χ1v) is 3.92. The molecule has 1 fully saturated rings. The first kappa shape index (κ1) is 7.56. The van der Waals surface area contributed by atoms with Gasteiger partial charge in [0.1, 0.15) is 0 Å². The molecule has 0 bridgehead atoms. The number of nitrogens with zero attached hydrogens (tertiary/aromatic N) is 2. The molecule has 2 nitrogen and oxygen atoms in total. The van der Waals surface area contributed by atoms with E-state index in [4.69, 9.17) is 5.26 Å². The molecule has 0 radical (unpaired) electrons. The van der Waals surface area contributed by atoms with Crippen molar-refractivity contribution < 1.29 is 0 Å². The van der Waals surface area contributed by atoms with E-state index in [0.717, 1.165) is 12.6 Å². The Morgan fingerprint density at radius 3 is 2.70 bits per heavy atom. The zero-order valence-corrected chi connectivity index (χ0v) is 6.51. The van der Waals surface area contributed by atoms with E-state index in [-0.39, 0.29) is 0 Å². The molecule has 0 saturated heterocycles. The van der Waals surface area contributed by atoms with Crippen molar-refractivity contribution in [1.82, 2.24) is 4.90 Å². The van der Waals surface area contributed by atoms with Crippen LogP contribution in [0, 0.1) is 11.3 Å². The summed E-state index contributed by atoms with van der Waals surface area (Å²) in [6, 6.07) is 2.95. The Kier molecular flexibility index (Phi) is 2.70. The van der Waals surface area contributed by atoms with Crippen molar-refractivity contribution in [1.29, 1.82) is 5.26 Å². The summed E-state index contributed by atoms with van der Waals surface area (Å²) in [6.45, 7) is 0.946. The van der Waals surface area contributed by atoms with Crippen molar-refractivity contribution in [2.75, 3.05) is 13.6 Å². The van der Waals surface area contributed by atoms with E-state index in [1.54, 1.807) is 0 Å². The highest BCUT2D eigenvalue weighted by Gasteiger charge is 2.20. The van der Waals surface area contributed by atoms with Crippen molar-refractivity contribution in [3.05, 3.63) is 0 Å². The average molecular weight is 138 g/mol. The van der Waals surface area contributed by atoms with Crippen LogP contribution in [-0.4, -0.2) is 24.5 Å². The third-order valence-electron chi connectivity index (χ3n) is 2.27. The average Bonchev–Trinajstić information content (AvgIpc) is 1.79. The van der Waals surface area contributed by atoms with Crippen LogP contribution in [0.5, 0.6) is 0 Å². The van der Waals surface area contributed by atoms with Gasteiger partial charge in [-0.2, -0.15) is 5.26 Å². The molecule has 1 aliphatic carbocycles. The molecule has 0 aromatic carbocycles. The number of rotatable bonds is 3. The zero-order valence-electron chi connectivity index (χ0n) is 6.51. The van der Waals surface area contributed by atoms with Crippen LogP contribution in [-0.2, 0) is 0 Å². The smallest absolute Gasteiger partial charge is 0.0635 e. The molecule has 10 heavy (non-hydrogen) atoms. The summed E-state index contributed by atoms with van der Waals surface area (Å²) in [6.07, 6.45) is 4.72. The van der Waals surface area contributed by atoms with E-state index >= 15 is 0 Å². The Morgan fingerprint density at radius 2 is 2.30 bits per heavy atom. The predicted octanol–water partition coefficient (Wildman–Crippen LogP) is 1.38. The number of hydrogen-bond acceptors (Lipinski definition) is 2. The highest BCUT2D eigenvalue weighted by Crippen LogP contribution is 2.23. The molecule has 1 aliphatic rings. The molecule has 1 rings (SSSR count). The minimum absolute atomic E-state index is 0.674. The fourth-order valence-electron chi connectivity index (χ4n) is 1.24. The third-order valence-corrected chi connectivity index (χ3v) is 2.27. The molecule has 0 aromatic heterocycles. The molecule has 0 heterocycles. The van der Waals surface area contributed by atoms with Gasteiger partial charge in [0.25, 0.3) is 0 Å². The standard InChI is InChI=1S/C8H14N2/c1-10(7-3-6-9)8-4-2-5-8/h8H,2-5,7H2,1H3. The lowest BCUT2D eigenvalue weighted by atomic mass is 9.92. The molecule has 0 atom stereocenters. The van der Waals surface area contributed by atoms with Crippen LogP contribution in [0.25, 0.3) is 0 Å². The van der Waals surface area contributed by atoms with Gasteiger partial charge in [0.2, 0.25) is 0 Å². The van der Waals surface area contributed by atoms with Gasteiger partial charge in [-0.3, -0.25) is 0 Å². The van der Waals surface area contributed by atoms with Gasteiger partial charge in [0, 0.05) is 19.0 Å². The van der Waals surface area contributed by atoms with Gasteiger partial charge in [-0.1, -0.05) is 6.42 Å². The lowest BCUT2D eigenvalue weighted by molar-refractivity contribution is 0.163. The van der Waals surface area contributed by atoms with Crippen LogP contribution >= 0.6 is 0 Å². The summed E-state index contributed by atoms with van der Waals surface area (Å²) < 4.78 is 0. The van der Waals surface area contributed by atoms with Crippen molar-refractivity contribution in [2.24, 2.45) is 0 Å². The van der Waals surface area contributed by atoms with Gasteiger partial charge in [-0.05, 0) is 19.9 Å². The molecule has 0 amide bonds. The summed E-state index contributed by atoms with van der Waals surface area (Å²) in [5, 5.41) is 8.31. The Hall–Kier alpha value is -0.550. The molecular formula is C8H14N2. The molecule has 56 valence electrons. The lowest BCUT2D eigenvalue weighted by Gasteiger charge is -2.34.